The third-order valence-corrected chi connectivity index (χ3v) is 7.61. The number of fused-ring (bicyclic) bond motifs is 5. The van der Waals surface area contributed by atoms with E-state index in [2.05, 4.69) is 22.4 Å². The van der Waals surface area contributed by atoms with Crippen molar-refractivity contribution in [2.24, 2.45) is 23.7 Å². The number of carbonyl (C=O) groups is 3. The Kier molecular flexibility index (Phi) is 5.03. The molecule has 3 fully saturated rings. The summed E-state index contributed by atoms with van der Waals surface area (Å²) >= 11 is 0. The van der Waals surface area contributed by atoms with E-state index in [1.54, 1.807) is 12.1 Å². The van der Waals surface area contributed by atoms with Crippen LogP contribution in [0.3, 0.4) is 0 Å². The number of nitrogens with one attached hydrogen (secondary N) is 1. The van der Waals surface area contributed by atoms with Crippen LogP contribution in [0.2, 0.25) is 0 Å². The van der Waals surface area contributed by atoms with E-state index in [0.717, 1.165) is 17.7 Å². The number of ether oxygens (including phenoxy) is 1. The molecule has 1 saturated carbocycles. The average Bonchev–Trinajstić information content (AvgIpc) is 3.54. The fourth-order valence-electron chi connectivity index (χ4n) is 5.92. The summed E-state index contributed by atoms with van der Waals surface area (Å²) in [6, 6.07) is 13.0. The van der Waals surface area contributed by atoms with Gasteiger partial charge in [0.25, 0.3) is 5.91 Å². The minimum Gasteiger partial charge on any atom is -0.378 e. The Hall–Kier alpha value is -3.45. The van der Waals surface area contributed by atoms with Crippen LogP contribution in [0, 0.1) is 30.6 Å². The molecule has 0 aromatic heterocycles. The first-order valence-electron chi connectivity index (χ1n) is 11.9. The van der Waals surface area contributed by atoms with Gasteiger partial charge in [-0.05, 0) is 55.5 Å². The Labute approximate surface area is 198 Å². The first-order chi connectivity index (χ1) is 16.5. The number of hydrogen-bond acceptors (Lipinski definition) is 5. The van der Waals surface area contributed by atoms with Crippen LogP contribution in [0.15, 0.2) is 54.6 Å². The van der Waals surface area contributed by atoms with Crippen LogP contribution in [0.1, 0.15) is 22.3 Å². The third-order valence-electron chi connectivity index (χ3n) is 7.61. The van der Waals surface area contributed by atoms with Crippen molar-refractivity contribution in [1.29, 1.82) is 0 Å². The summed E-state index contributed by atoms with van der Waals surface area (Å²) in [6.07, 6.45) is 5.06. The monoisotopic (exact) mass is 457 g/mol. The first-order valence-corrected chi connectivity index (χ1v) is 11.9. The molecule has 0 spiro atoms. The SMILES string of the molecule is Cc1ccc(NC(=O)c2cc(N3C(=O)[C@H]4[C@H](C3=O)[C@H]3C=C[C@H]4C3)ccc2N2CCOCC2)cc1. The minimum absolute atomic E-state index is 0.143. The van der Waals surface area contributed by atoms with Crippen LogP contribution in [-0.2, 0) is 14.3 Å². The van der Waals surface area contributed by atoms with Gasteiger partial charge in [-0.1, -0.05) is 29.8 Å². The average molecular weight is 458 g/mol. The van der Waals surface area contributed by atoms with Gasteiger partial charge in [-0.25, -0.2) is 4.90 Å². The maximum absolute atomic E-state index is 13.4. The van der Waals surface area contributed by atoms with Crippen molar-refractivity contribution in [3.05, 3.63) is 65.7 Å². The number of aryl methyl sites for hydroxylation is 1. The van der Waals surface area contributed by atoms with E-state index >= 15 is 0 Å². The maximum Gasteiger partial charge on any atom is 0.257 e. The normalized spacial score (nSPS) is 27.4. The highest BCUT2D eigenvalue weighted by Gasteiger charge is 2.59. The van der Waals surface area contributed by atoms with Crippen molar-refractivity contribution in [3.8, 4) is 0 Å². The number of amides is 3. The molecule has 2 aliphatic heterocycles. The fourth-order valence-corrected chi connectivity index (χ4v) is 5.92. The lowest BCUT2D eigenvalue weighted by molar-refractivity contribution is -0.123. The van der Waals surface area contributed by atoms with Crippen molar-refractivity contribution in [2.45, 2.75) is 13.3 Å². The van der Waals surface area contributed by atoms with E-state index in [4.69, 9.17) is 4.74 Å². The molecule has 7 heteroatoms. The Morgan fingerprint density at radius 2 is 1.59 bits per heavy atom. The molecule has 4 aliphatic rings. The Morgan fingerprint density at radius 1 is 0.941 bits per heavy atom. The maximum atomic E-state index is 13.4. The number of morpholine rings is 1. The molecule has 34 heavy (non-hydrogen) atoms. The molecule has 3 amide bonds. The lowest BCUT2D eigenvalue weighted by Crippen LogP contribution is -2.38. The summed E-state index contributed by atoms with van der Waals surface area (Å²) in [7, 11) is 0. The second-order valence-electron chi connectivity index (χ2n) is 9.63. The number of imide groups is 1. The summed E-state index contributed by atoms with van der Waals surface area (Å²) in [6.45, 7) is 4.51. The molecule has 1 N–H and O–H groups in total. The third kappa shape index (κ3) is 3.34. The number of carbonyl (C=O) groups excluding carboxylic acids is 3. The zero-order valence-corrected chi connectivity index (χ0v) is 19.1. The predicted molar refractivity (Wildman–Crippen MR) is 129 cm³/mol. The quantitative estimate of drug-likeness (QED) is 0.563. The van der Waals surface area contributed by atoms with Crippen LogP contribution < -0.4 is 15.1 Å². The number of allylic oxidation sites excluding steroid dienone is 2. The Balaban J connectivity index is 1.35. The molecular weight excluding hydrogens is 430 g/mol. The number of anilines is 3. The molecule has 2 bridgehead atoms. The molecule has 6 rings (SSSR count). The van der Waals surface area contributed by atoms with Gasteiger partial charge in [0, 0.05) is 24.5 Å². The van der Waals surface area contributed by atoms with Crippen LogP contribution >= 0.6 is 0 Å². The van der Waals surface area contributed by atoms with E-state index < -0.39 is 0 Å². The summed E-state index contributed by atoms with van der Waals surface area (Å²) in [5, 5.41) is 2.97. The van der Waals surface area contributed by atoms with E-state index in [0.29, 0.717) is 43.2 Å². The first kappa shape index (κ1) is 21.1. The van der Waals surface area contributed by atoms with E-state index in [1.165, 1.54) is 4.90 Å². The van der Waals surface area contributed by atoms with Gasteiger partial charge in [0.15, 0.2) is 0 Å². The smallest absolute Gasteiger partial charge is 0.257 e. The summed E-state index contributed by atoms with van der Waals surface area (Å²) in [5.41, 5.74) is 3.49. The lowest BCUT2D eigenvalue weighted by Gasteiger charge is -2.31. The van der Waals surface area contributed by atoms with Crippen LogP contribution in [-0.4, -0.2) is 44.0 Å². The molecule has 2 heterocycles. The van der Waals surface area contributed by atoms with Gasteiger partial charge in [-0.15, -0.1) is 0 Å². The fraction of sp³-hybridized carbons (Fsp3) is 0.370. The highest BCUT2D eigenvalue weighted by Crippen LogP contribution is 2.53. The van der Waals surface area contributed by atoms with Gasteiger partial charge in [-0.3, -0.25) is 14.4 Å². The van der Waals surface area contributed by atoms with Gasteiger partial charge < -0.3 is 15.0 Å². The summed E-state index contributed by atoms with van der Waals surface area (Å²) < 4.78 is 5.48. The molecule has 0 radical (unpaired) electrons. The minimum atomic E-state index is -0.272. The number of nitrogens with zero attached hydrogens (tertiary/aromatic N) is 2. The molecule has 0 unspecified atom stereocenters. The number of hydrogen-bond donors (Lipinski definition) is 1. The Morgan fingerprint density at radius 3 is 2.24 bits per heavy atom. The molecular formula is C27H27N3O4. The van der Waals surface area contributed by atoms with Gasteiger partial charge in [0.2, 0.25) is 11.8 Å². The second-order valence-corrected chi connectivity index (χ2v) is 9.63. The zero-order chi connectivity index (χ0) is 23.4. The van der Waals surface area contributed by atoms with Crippen molar-refractivity contribution in [2.75, 3.05) is 41.4 Å². The largest absolute Gasteiger partial charge is 0.378 e. The predicted octanol–water partition coefficient (Wildman–Crippen LogP) is 3.40. The molecule has 174 valence electrons. The van der Waals surface area contributed by atoms with Gasteiger partial charge in [-0.2, -0.15) is 0 Å². The molecule has 2 aromatic carbocycles. The van der Waals surface area contributed by atoms with Gasteiger partial charge in [0.05, 0.1) is 36.3 Å². The van der Waals surface area contributed by atoms with Gasteiger partial charge >= 0.3 is 0 Å². The van der Waals surface area contributed by atoms with E-state index in [1.807, 2.05) is 37.3 Å². The lowest BCUT2D eigenvalue weighted by atomic mass is 9.85. The number of benzene rings is 2. The van der Waals surface area contributed by atoms with E-state index in [9.17, 15) is 14.4 Å². The topological polar surface area (TPSA) is 79.0 Å². The molecule has 7 nitrogen and oxygen atoms in total. The Bertz CT molecular complexity index is 1170. The van der Waals surface area contributed by atoms with Crippen molar-refractivity contribution in [1.82, 2.24) is 0 Å². The van der Waals surface area contributed by atoms with Crippen molar-refractivity contribution in [3.63, 3.8) is 0 Å². The van der Waals surface area contributed by atoms with Gasteiger partial charge in [0.1, 0.15) is 0 Å². The van der Waals surface area contributed by atoms with Crippen molar-refractivity contribution < 1.29 is 19.1 Å². The number of rotatable bonds is 4. The van der Waals surface area contributed by atoms with E-state index in [-0.39, 0.29) is 41.4 Å². The molecule has 2 aliphatic carbocycles. The summed E-state index contributed by atoms with van der Waals surface area (Å²) in [5.74, 6) is -0.806. The molecule has 2 aromatic rings. The zero-order valence-electron chi connectivity index (χ0n) is 19.1. The summed E-state index contributed by atoms with van der Waals surface area (Å²) in [4.78, 5) is 43.5. The second kappa shape index (κ2) is 8.09. The highest BCUT2D eigenvalue weighted by molar-refractivity contribution is 6.23. The van der Waals surface area contributed by atoms with Crippen LogP contribution in [0.25, 0.3) is 0 Å². The van der Waals surface area contributed by atoms with Crippen LogP contribution in [0.5, 0.6) is 0 Å². The van der Waals surface area contributed by atoms with Crippen molar-refractivity contribution >= 4 is 34.8 Å². The molecule has 4 atom stereocenters. The standard InChI is InChI=1S/C27H27N3O4/c1-16-2-6-19(7-3-16)28-25(31)21-15-20(8-9-22(21)29-10-12-34-13-11-29)30-26(32)23-17-4-5-18(14-17)24(23)27(30)33/h2-9,15,17-18,23-24H,10-14H2,1H3,(H,28,31)/t17-,18-,23+,24+/m0/s1. The highest BCUT2D eigenvalue weighted by atomic mass is 16.5. The van der Waals surface area contributed by atoms with Crippen LogP contribution in [0.4, 0.5) is 17.1 Å². The molecule has 2 saturated heterocycles.